The fourth-order valence-corrected chi connectivity index (χ4v) is 4.34. The van der Waals surface area contributed by atoms with Crippen molar-refractivity contribution in [3.8, 4) is 11.5 Å². The molecule has 0 aromatic rings. The average Bonchev–Trinajstić information content (AvgIpc) is 2.60. The Labute approximate surface area is 170 Å². The summed E-state index contributed by atoms with van der Waals surface area (Å²) in [6.07, 6.45) is 15.3. The maximum absolute atomic E-state index is 5.56. The van der Waals surface area contributed by atoms with Crippen LogP contribution in [0.25, 0.3) is 0 Å². The Balaban J connectivity index is 3.16. The molecule has 0 aliphatic heterocycles. The zero-order valence-electron chi connectivity index (χ0n) is 18.5. The van der Waals surface area contributed by atoms with Crippen molar-refractivity contribution in [3.63, 3.8) is 0 Å². The van der Waals surface area contributed by atoms with Gasteiger partial charge in [-0.15, -0.1) is 11.5 Å². The second kappa shape index (κ2) is 18.5. The number of ether oxygens (including phenoxy) is 1. The summed E-state index contributed by atoms with van der Waals surface area (Å²) in [6, 6.07) is 1.28. The van der Waals surface area contributed by atoms with E-state index in [1.807, 2.05) is 0 Å². The molecule has 0 aromatic carbocycles. The molecule has 0 bridgehead atoms. The van der Waals surface area contributed by atoms with Gasteiger partial charge in [0.05, 0.1) is 6.10 Å². The Hall–Kier alpha value is 0.0869. The molecule has 0 saturated carbocycles. The molecule has 0 aliphatic carbocycles. The molecule has 0 aromatic heterocycles. The first-order valence-corrected chi connectivity index (χ1v) is 15.5. The van der Waals surface area contributed by atoms with Crippen molar-refractivity contribution in [2.45, 2.75) is 117 Å². The van der Waals surface area contributed by atoms with Crippen molar-refractivity contribution in [2.24, 2.45) is 0 Å². The van der Waals surface area contributed by atoms with E-state index in [4.69, 9.17) is 4.74 Å². The van der Waals surface area contributed by atoms with Crippen LogP contribution in [0.1, 0.15) is 91.4 Å². The van der Waals surface area contributed by atoms with Crippen LogP contribution in [0, 0.1) is 11.5 Å². The van der Waals surface area contributed by atoms with Crippen molar-refractivity contribution < 1.29 is 4.74 Å². The van der Waals surface area contributed by atoms with Gasteiger partial charge < -0.3 is 4.74 Å². The van der Waals surface area contributed by atoms with E-state index in [2.05, 4.69) is 57.1 Å². The summed E-state index contributed by atoms with van der Waals surface area (Å²) in [5.41, 5.74) is 3.54. The Morgan fingerprint density at radius 3 is 1.92 bits per heavy atom. The summed E-state index contributed by atoms with van der Waals surface area (Å²) >= 11 is 2.10. The van der Waals surface area contributed by atoms with Crippen LogP contribution in [-0.4, -0.2) is 32.3 Å². The van der Waals surface area contributed by atoms with E-state index in [1.54, 1.807) is 0 Å². The van der Waals surface area contributed by atoms with E-state index in [0.717, 1.165) is 13.0 Å². The van der Waals surface area contributed by atoms with Crippen molar-refractivity contribution in [1.82, 2.24) is 0 Å². The standard InChI is InChI=1S/C23H46OSSi/c1-6-26(4,5)22-17-15-13-11-9-7-8-10-12-14-16-20-25-21-18-19-24-23(2)3/h23H,6-16,18-21H2,1-5H3. The lowest BCUT2D eigenvalue weighted by Crippen LogP contribution is -2.21. The van der Waals surface area contributed by atoms with Crippen LogP contribution in [0.2, 0.25) is 19.1 Å². The molecule has 0 atom stereocenters. The molecule has 0 radical (unpaired) electrons. The molecular formula is C23H46OSSi. The van der Waals surface area contributed by atoms with Crippen LogP contribution >= 0.6 is 11.8 Å². The summed E-state index contributed by atoms with van der Waals surface area (Å²) in [7, 11) is -1.16. The molecule has 0 spiro atoms. The highest BCUT2D eigenvalue weighted by Crippen LogP contribution is 2.13. The number of rotatable bonds is 17. The molecule has 0 aliphatic rings. The van der Waals surface area contributed by atoms with Gasteiger partial charge in [0.1, 0.15) is 8.07 Å². The molecule has 154 valence electrons. The average molecular weight is 399 g/mol. The van der Waals surface area contributed by atoms with E-state index in [9.17, 15) is 0 Å². The van der Waals surface area contributed by atoms with Gasteiger partial charge in [-0.05, 0) is 50.7 Å². The van der Waals surface area contributed by atoms with Crippen molar-refractivity contribution in [1.29, 1.82) is 0 Å². The third-order valence-electron chi connectivity index (χ3n) is 4.79. The Bertz CT molecular complexity index is 357. The maximum atomic E-state index is 5.56. The topological polar surface area (TPSA) is 9.23 Å². The van der Waals surface area contributed by atoms with Gasteiger partial charge in [-0.2, -0.15) is 11.8 Å². The Morgan fingerprint density at radius 1 is 0.808 bits per heavy atom. The highest BCUT2D eigenvalue weighted by molar-refractivity contribution is 7.99. The van der Waals surface area contributed by atoms with Crippen LogP contribution < -0.4 is 0 Å². The van der Waals surface area contributed by atoms with Crippen LogP contribution in [0.15, 0.2) is 0 Å². The van der Waals surface area contributed by atoms with Gasteiger partial charge in [-0.3, -0.25) is 0 Å². The predicted octanol–water partition coefficient (Wildman–Crippen LogP) is 7.71. The quantitative estimate of drug-likeness (QED) is 0.141. The molecule has 0 rings (SSSR count). The SMILES string of the molecule is CC[Si](C)(C)C#CCCCCCCCCCCCSCCCOC(C)C. The summed E-state index contributed by atoms with van der Waals surface area (Å²) in [5.74, 6) is 6.02. The monoisotopic (exact) mass is 398 g/mol. The third kappa shape index (κ3) is 20.4. The molecule has 0 N–H and O–H groups in total. The van der Waals surface area contributed by atoms with Gasteiger partial charge >= 0.3 is 0 Å². The van der Waals surface area contributed by atoms with Crippen LogP contribution in [-0.2, 0) is 4.74 Å². The number of thioether (sulfide) groups is 1. The fraction of sp³-hybridized carbons (Fsp3) is 0.913. The van der Waals surface area contributed by atoms with Crippen LogP contribution in [0.4, 0.5) is 0 Å². The summed E-state index contributed by atoms with van der Waals surface area (Å²) in [5, 5.41) is 0. The van der Waals surface area contributed by atoms with Crippen molar-refractivity contribution in [3.05, 3.63) is 0 Å². The van der Waals surface area contributed by atoms with Gasteiger partial charge in [-0.1, -0.05) is 65.0 Å². The van der Waals surface area contributed by atoms with Gasteiger partial charge in [0.15, 0.2) is 0 Å². The van der Waals surface area contributed by atoms with Crippen molar-refractivity contribution >= 4 is 19.8 Å². The van der Waals surface area contributed by atoms with Crippen LogP contribution in [0.5, 0.6) is 0 Å². The lowest BCUT2D eigenvalue weighted by molar-refractivity contribution is 0.0800. The zero-order valence-corrected chi connectivity index (χ0v) is 20.3. The molecule has 3 heteroatoms. The van der Waals surface area contributed by atoms with Crippen LogP contribution in [0.3, 0.4) is 0 Å². The second-order valence-corrected chi connectivity index (χ2v) is 14.3. The maximum Gasteiger partial charge on any atom is 0.132 e. The van der Waals surface area contributed by atoms with Crippen molar-refractivity contribution in [2.75, 3.05) is 18.1 Å². The highest BCUT2D eigenvalue weighted by atomic mass is 32.2. The van der Waals surface area contributed by atoms with E-state index in [0.29, 0.717) is 6.10 Å². The Morgan fingerprint density at radius 2 is 1.35 bits per heavy atom. The van der Waals surface area contributed by atoms with Gasteiger partial charge in [-0.25, -0.2) is 0 Å². The molecule has 0 amide bonds. The summed E-state index contributed by atoms with van der Waals surface area (Å²) in [4.78, 5) is 0. The lowest BCUT2D eigenvalue weighted by Gasteiger charge is -2.09. The minimum atomic E-state index is -1.16. The first kappa shape index (κ1) is 26.1. The highest BCUT2D eigenvalue weighted by Gasteiger charge is 2.13. The van der Waals surface area contributed by atoms with E-state index >= 15 is 0 Å². The molecule has 0 saturated heterocycles. The molecule has 0 unspecified atom stereocenters. The molecular weight excluding hydrogens is 352 g/mol. The third-order valence-corrected chi connectivity index (χ3v) is 8.56. The second-order valence-electron chi connectivity index (χ2n) is 8.36. The molecule has 1 nitrogen and oxygen atoms in total. The first-order chi connectivity index (χ1) is 12.5. The smallest absolute Gasteiger partial charge is 0.132 e. The number of hydrogen-bond donors (Lipinski definition) is 0. The zero-order chi connectivity index (χ0) is 19.5. The van der Waals surface area contributed by atoms with Gasteiger partial charge in [0.25, 0.3) is 0 Å². The predicted molar refractivity (Wildman–Crippen MR) is 125 cm³/mol. The van der Waals surface area contributed by atoms with E-state index < -0.39 is 8.07 Å². The summed E-state index contributed by atoms with van der Waals surface area (Å²) in [6.45, 7) is 12.2. The van der Waals surface area contributed by atoms with E-state index in [1.165, 1.54) is 81.8 Å². The minimum Gasteiger partial charge on any atom is -0.379 e. The van der Waals surface area contributed by atoms with E-state index in [-0.39, 0.29) is 0 Å². The largest absolute Gasteiger partial charge is 0.379 e. The Kier molecular flexibility index (Phi) is 18.5. The minimum absolute atomic E-state index is 0.383. The number of unbranched alkanes of at least 4 members (excludes halogenated alkanes) is 9. The van der Waals surface area contributed by atoms with Gasteiger partial charge in [0, 0.05) is 13.0 Å². The fourth-order valence-electron chi connectivity index (χ4n) is 2.63. The number of hydrogen-bond acceptors (Lipinski definition) is 2. The molecule has 0 heterocycles. The lowest BCUT2D eigenvalue weighted by atomic mass is 10.1. The first-order valence-electron chi connectivity index (χ1n) is 11.2. The molecule has 0 fully saturated rings. The summed E-state index contributed by atoms with van der Waals surface area (Å²) < 4.78 is 5.56. The molecule has 26 heavy (non-hydrogen) atoms. The van der Waals surface area contributed by atoms with Gasteiger partial charge in [0.2, 0.25) is 0 Å². The normalized spacial score (nSPS) is 11.6.